The van der Waals surface area contributed by atoms with Crippen LogP contribution >= 0.6 is 11.6 Å². The molecule has 0 saturated carbocycles. The molecule has 0 spiro atoms. The molecule has 4 nitrogen and oxygen atoms in total. The third-order valence-electron chi connectivity index (χ3n) is 2.14. The van der Waals surface area contributed by atoms with Crippen LogP contribution in [0.1, 0.15) is 11.8 Å². The summed E-state index contributed by atoms with van der Waals surface area (Å²) < 4.78 is 10.9. The Hall–Kier alpha value is -1.55. The van der Waals surface area contributed by atoms with E-state index in [-0.39, 0.29) is 0 Å². The molecule has 0 fully saturated rings. The molecule has 0 N–H and O–H groups in total. The summed E-state index contributed by atoms with van der Waals surface area (Å²) >= 11 is 5.58. The van der Waals surface area contributed by atoms with Crippen LogP contribution < -0.4 is 4.74 Å². The maximum Gasteiger partial charge on any atom is 0.219 e. The molecule has 0 aliphatic heterocycles. The minimum Gasteiger partial charge on any atom is -0.493 e. The number of rotatable bonds is 6. The van der Waals surface area contributed by atoms with Crippen LogP contribution in [0.25, 0.3) is 0 Å². The highest BCUT2D eigenvalue weighted by atomic mass is 35.5. The van der Waals surface area contributed by atoms with Crippen molar-refractivity contribution in [3.63, 3.8) is 0 Å². The highest BCUT2D eigenvalue weighted by Crippen LogP contribution is 2.09. The summed E-state index contributed by atoms with van der Waals surface area (Å²) in [4.78, 5) is 0. The van der Waals surface area contributed by atoms with E-state index in [4.69, 9.17) is 20.8 Å². The van der Waals surface area contributed by atoms with Gasteiger partial charge in [-0.2, -0.15) is 0 Å². The van der Waals surface area contributed by atoms with Crippen molar-refractivity contribution in [2.24, 2.45) is 0 Å². The molecule has 2 aromatic rings. The van der Waals surface area contributed by atoms with E-state index in [0.717, 1.165) is 5.75 Å². The van der Waals surface area contributed by atoms with Gasteiger partial charge in [-0.05, 0) is 12.1 Å². The van der Waals surface area contributed by atoms with Crippen molar-refractivity contribution in [3.05, 3.63) is 42.1 Å². The van der Waals surface area contributed by atoms with Crippen LogP contribution in [-0.4, -0.2) is 22.7 Å². The molecule has 0 aliphatic rings. The zero-order chi connectivity index (χ0) is 11.9. The Morgan fingerprint density at radius 2 is 1.76 bits per heavy atom. The number of hydrogen-bond acceptors (Lipinski definition) is 4. The van der Waals surface area contributed by atoms with Crippen LogP contribution in [0.15, 0.2) is 34.7 Å². The van der Waals surface area contributed by atoms with Gasteiger partial charge in [-0.1, -0.05) is 18.2 Å². The molecule has 5 heteroatoms. The zero-order valence-corrected chi connectivity index (χ0v) is 10.1. The van der Waals surface area contributed by atoms with E-state index in [9.17, 15) is 0 Å². The van der Waals surface area contributed by atoms with Crippen molar-refractivity contribution in [2.45, 2.75) is 12.8 Å². The number of aryl methyl sites for hydroxylation is 1. The first kappa shape index (κ1) is 11.9. The van der Waals surface area contributed by atoms with E-state index in [1.165, 1.54) is 0 Å². The first-order valence-corrected chi connectivity index (χ1v) is 5.97. The van der Waals surface area contributed by atoms with Crippen molar-refractivity contribution in [3.8, 4) is 5.75 Å². The normalized spacial score (nSPS) is 10.4. The van der Waals surface area contributed by atoms with Crippen molar-refractivity contribution >= 4 is 11.6 Å². The molecule has 0 bridgehead atoms. The SMILES string of the molecule is ClCCc1nnc(CCOc2ccccc2)o1. The van der Waals surface area contributed by atoms with Gasteiger partial charge in [0.15, 0.2) is 0 Å². The van der Waals surface area contributed by atoms with Crippen molar-refractivity contribution < 1.29 is 9.15 Å². The molecule has 1 heterocycles. The van der Waals surface area contributed by atoms with Gasteiger partial charge >= 0.3 is 0 Å². The van der Waals surface area contributed by atoms with E-state index < -0.39 is 0 Å². The second kappa shape index (κ2) is 6.25. The first-order valence-electron chi connectivity index (χ1n) is 5.43. The number of halogens is 1. The van der Waals surface area contributed by atoms with Gasteiger partial charge in [-0.3, -0.25) is 0 Å². The fourth-order valence-corrected chi connectivity index (χ4v) is 1.51. The van der Waals surface area contributed by atoms with Crippen molar-refractivity contribution in [1.82, 2.24) is 10.2 Å². The summed E-state index contributed by atoms with van der Waals surface area (Å²) in [5, 5.41) is 7.79. The summed E-state index contributed by atoms with van der Waals surface area (Å²) in [7, 11) is 0. The van der Waals surface area contributed by atoms with E-state index in [2.05, 4.69) is 10.2 Å². The third kappa shape index (κ3) is 3.75. The third-order valence-corrected chi connectivity index (χ3v) is 2.33. The smallest absolute Gasteiger partial charge is 0.219 e. The minimum atomic E-state index is 0.488. The summed E-state index contributed by atoms with van der Waals surface area (Å²) in [6.45, 7) is 0.520. The highest BCUT2D eigenvalue weighted by Gasteiger charge is 2.05. The lowest BCUT2D eigenvalue weighted by Gasteiger charge is -2.02. The number of alkyl halides is 1. The molecule has 0 atom stereocenters. The molecule has 0 amide bonds. The zero-order valence-electron chi connectivity index (χ0n) is 9.30. The Morgan fingerprint density at radius 3 is 2.47 bits per heavy atom. The molecule has 1 aromatic carbocycles. The summed E-state index contributed by atoms with van der Waals surface area (Å²) in [6, 6.07) is 9.63. The summed E-state index contributed by atoms with van der Waals surface area (Å²) in [5.74, 6) is 2.49. The monoisotopic (exact) mass is 252 g/mol. The molecular formula is C12H13ClN2O2. The van der Waals surface area contributed by atoms with Gasteiger partial charge in [0.1, 0.15) is 5.75 Å². The topological polar surface area (TPSA) is 48.2 Å². The summed E-state index contributed by atoms with van der Waals surface area (Å²) in [6.07, 6.45) is 1.21. The molecule has 0 radical (unpaired) electrons. The second-order valence-electron chi connectivity index (χ2n) is 3.44. The van der Waals surface area contributed by atoms with E-state index in [1.54, 1.807) is 0 Å². The largest absolute Gasteiger partial charge is 0.493 e. The van der Waals surface area contributed by atoms with E-state index >= 15 is 0 Å². The van der Waals surface area contributed by atoms with Crippen molar-refractivity contribution in [2.75, 3.05) is 12.5 Å². The van der Waals surface area contributed by atoms with Gasteiger partial charge in [0.05, 0.1) is 13.0 Å². The molecule has 0 saturated heterocycles. The van der Waals surface area contributed by atoms with E-state index in [1.807, 2.05) is 30.3 Å². The number of aromatic nitrogens is 2. The van der Waals surface area contributed by atoms with E-state index in [0.29, 0.717) is 37.1 Å². The van der Waals surface area contributed by atoms with Crippen molar-refractivity contribution in [1.29, 1.82) is 0 Å². The fraction of sp³-hybridized carbons (Fsp3) is 0.333. The average molecular weight is 253 g/mol. The van der Waals surface area contributed by atoms with Crippen LogP contribution in [0.3, 0.4) is 0 Å². The predicted molar refractivity (Wildman–Crippen MR) is 64.4 cm³/mol. The van der Waals surface area contributed by atoms with Gasteiger partial charge < -0.3 is 9.15 Å². The minimum absolute atomic E-state index is 0.488. The molecule has 1 aromatic heterocycles. The Kier molecular flexibility index (Phi) is 4.38. The number of para-hydroxylation sites is 1. The fourth-order valence-electron chi connectivity index (χ4n) is 1.34. The molecule has 0 unspecified atom stereocenters. The lowest BCUT2D eigenvalue weighted by atomic mass is 10.3. The molecule has 0 aliphatic carbocycles. The average Bonchev–Trinajstić information content (AvgIpc) is 2.79. The van der Waals surface area contributed by atoms with Gasteiger partial charge in [0, 0.05) is 12.3 Å². The molecule has 2 rings (SSSR count). The Bertz CT molecular complexity index is 445. The first-order chi connectivity index (χ1) is 8.38. The standard InChI is InChI=1S/C12H13ClN2O2/c13-8-6-11-14-15-12(17-11)7-9-16-10-4-2-1-3-5-10/h1-5H,6-9H2. The number of benzene rings is 1. The van der Waals surface area contributed by atoms with Crippen LogP contribution in [-0.2, 0) is 12.8 Å². The quantitative estimate of drug-likeness (QED) is 0.741. The maximum absolute atomic E-state index is 5.58. The van der Waals surface area contributed by atoms with Gasteiger partial charge in [-0.25, -0.2) is 0 Å². The Balaban J connectivity index is 1.78. The second-order valence-corrected chi connectivity index (χ2v) is 3.82. The maximum atomic E-state index is 5.58. The number of nitrogens with zero attached hydrogens (tertiary/aromatic N) is 2. The van der Waals surface area contributed by atoms with Crippen LogP contribution in [0.4, 0.5) is 0 Å². The van der Waals surface area contributed by atoms with Crippen LogP contribution in [0, 0.1) is 0 Å². The lowest BCUT2D eigenvalue weighted by molar-refractivity contribution is 0.304. The molecule has 17 heavy (non-hydrogen) atoms. The lowest BCUT2D eigenvalue weighted by Crippen LogP contribution is -2.01. The Morgan fingerprint density at radius 1 is 1.06 bits per heavy atom. The van der Waals surface area contributed by atoms with Crippen LogP contribution in [0.5, 0.6) is 5.75 Å². The summed E-state index contributed by atoms with van der Waals surface area (Å²) in [5.41, 5.74) is 0. The number of ether oxygens (including phenoxy) is 1. The predicted octanol–water partition coefficient (Wildman–Crippen LogP) is 2.47. The van der Waals surface area contributed by atoms with Gasteiger partial charge in [-0.15, -0.1) is 21.8 Å². The highest BCUT2D eigenvalue weighted by molar-refractivity contribution is 6.17. The molecular weight excluding hydrogens is 240 g/mol. The molecule has 90 valence electrons. The Labute approximate surface area is 105 Å². The van der Waals surface area contributed by atoms with Gasteiger partial charge in [0.25, 0.3) is 0 Å². The van der Waals surface area contributed by atoms with Crippen LogP contribution in [0.2, 0.25) is 0 Å². The number of hydrogen-bond donors (Lipinski definition) is 0. The van der Waals surface area contributed by atoms with Gasteiger partial charge in [0.2, 0.25) is 11.8 Å².